The van der Waals surface area contributed by atoms with Gasteiger partial charge in [0.1, 0.15) is 17.3 Å². The number of rotatable bonds is 1. The van der Waals surface area contributed by atoms with Crippen molar-refractivity contribution in [2.24, 2.45) is 0 Å². The van der Waals surface area contributed by atoms with Crippen LogP contribution in [0.15, 0.2) is 48.8 Å². The number of hydrogen-bond donors (Lipinski definition) is 1. The molecule has 1 fully saturated rings. The number of anilines is 2. The van der Waals surface area contributed by atoms with E-state index in [1.54, 1.807) is 12.3 Å². The van der Waals surface area contributed by atoms with Crippen molar-refractivity contribution >= 4 is 17.4 Å². The highest BCUT2D eigenvalue weighted by molar-refractivity contribution is 6.06. The minimum absolute atomic E-state index is 0.227. The highest BCUT2D eigenvalue weighted by atomic mass is 16.5. The Morgan fingerprint density at radius 2 is 1.91 bits per heavy atom. The summed E-state index contributed by atoms with van der Waals surface area (Å²) in [5.74, 6) is 1.69. The molecule has 8 heteroatoms. The van der Waals surface area contributed by atoms with Gasteiger partial charge in [0, 0.05) is 56.9 Å². The van der Waals surface area contributed by atoms with Crippen LogP contribution in [0, 0.1) is 0 Å². The normalized spacial score (nSPS) is 17.5. The van der Waals surface area contributed by atoms with Crippen LogP contribution >= 0.6 is 0 Å². The minimum Gasteiger partial charge on any atom is -0.493 e. The van der Waals surface area contributed by atoms with Gasteiger partial charge in [-0.25, -0.2) is 9.97 Å². The molecule has 5 rings (SSSR count). The number of hydrogen-bond acceptors (Lipinski definition) is 6. The first-order valence-corrected chi connectivity index (χ1v) is 11.2. The lowest BCUT2D eigenvalue weighted by Gasteiger charge is -2.34. The van der Waals surface area contributed by atoms with Crippen LogP contribution in [0.1, 0.15) is 23.2 Å². The zero-order valence-electron chi connectivity index (χ0n) is 18.3. The lowest BCUT2D eigenvalue weighted by Crippen LogP contribution is -2.44. The van der Waals surface area contributed by atoms with Crippen LogP contribution in [0.5, 0.6) is 5.75 Å². The zero-order valence-corrected chi connectivity index (χ0v) is 18.3. The molecule has 2 aliphatic rings. The number of likely N-dealkylation sites (N-methyl/N-ethyl adjacent to an activating group) is 1. The van der Waals surface area contributed by atoms with Crippen LogP contribution in [0.4, 0.5) is 11.5 Å². The van der Waals surface area contributed by atoms with Crippen molar-refractivity contribution < 1.29 is 9.53 Å². The van der Waals surface area contributed by atoms with E-state index in [-0.39, 0.29) is 5.91 Å². The SMILES string of the molecule is CN1CCN(c2ccc3c(c2)OCCCCn2ccnc2-c2cccc(n2)NC3=O)CC1. The Hall–Kier alpha value is -3.39. The van der Waals surface area contributed by atoms with E-state index in [1.807, 2.05) is 36.5 Å². The average molecular weight is 433 g/mol. The predicted octanol–water partition coefficient (Wildman–Crippen LogP) is 3.12. The fourth-order valence-electron chi connectivity index (χ4n) is 4.18. The van der Waals surface area contributed by atoms with Crippen LogP contribution in [0.2, 0.25) is 0 Å². The Bertz CT molecular complexity index is 1100. The Balaban J connectivity index is 1.45. The number of imidazole rings is 1. The third-order valence-electron chi connectivity index (χ3n) is 6.06. The molecule has 0 radical (unpaired) electrons. The Kier molecular flexibility index (Phi) is 5.77. The fourth-order valence-corrected chi connectivity index (χ4v) is 4.18. The second-order valence-corrected chi connectivity index (χ2v) is 8.33. The highest BCUT2D eigenvalue weighted by Crippen LogP contribution is 2.28. The maximum Gasteiger partial charge on any atom is 0.260 e. The first-order chi connectivity index (χ1) is 15.7. The van der Waals surface area contributed by atoms with E-state index in [0.29, 0.717) is 23.7 Å². The third kappa shape index (κ3) is 4.31. The molecule has 0 unspecified atom stereocenters. The molecule has 0 aliphatic carbocycles. The standard InChI is InChI=1S/C24H28N6O2/c1-28-12-14-29(15-13-28)18-7-8-19-21(17-18)32-16-3-2-10-30-11-9-25-23(30)20-5-4-6-22(26-20)27-24(19)31/h4-9,11,17H,2-3,10,12-16H2,1H3,(H,26,27,31). The number of aryl methyl sites for hydroxylation is 1. The molecule has 4 heterocycles. The minimum atomic E-state index is -0.227. The molecule has 1 amide bonds. The quantitative estimate of drug-likeness (QED) is 0.637. The number of carbonyl (C=O) groups excluding carboxylic acids is 1. The van der Waals surface area contributed by atoms with E-state index < -0.39 is 0 Å². The van der Waals surface area contributed by atoms with E-state index >= 15 is 0 Å². The van der Waals surface area contributed by atoms with Crippen molar-refractivity contribution in [3.8, 4) is 17.3 Å². The number of ether oxygens (including phenoxy) is 1. The molecule has 0 atom stereocenters. The maximum atomic E-state index is 13.1. The summed E-state index contributed by atoms with van der Waals surface area (Å²) in [5, 5.41) is 2.93. The van der Waals surface area contributed by atoms with Gasteiger partial charge in [-0.1, -0.05) is 6.07 Å². The van der Waals surface area contributed by atoms with Crippen molar-refractivity contribution in [1.29, 1.82) is 0 Å². The van der Waals surface area contributed by atoms with Crippen molar-refractivity contribution in [3.63, 3.8) is 0 Å². The van der Waals surface area contributed by atoms with E-state index in [1.165, 1.54) is 0 Å². The molecule has 0 spiro atoms. The number of piperazine rings is 1. The summed E-state index contributed by atoms with van der Waals surface area (Å²) in [6.07, 6.45) is 5.58. The van der Waals surface area contributed by atoms with Crippen LogP contribution in [-0.4, -0.2) is 65.2 Å². The first kappa shape index (κ1) is 20.5. The second-order valence-electron chi connectivity index (χ2n) is 8.33. The molecule has 1 saturated heterocycles. The highest BCUT2D eigenvalue weighted by Gasteiger charge is 2.20. The number of amides is 1. The first-order valence-electron chi connectivity index (χ1n) is 11.2. The molecule has 0 saturated carbocycles. The molecular weight excluding hydrogens is 404 g/mol. The fraction of sp³-hybridized carbons (Fsp3) is 0.375. The van der Waals surface area contributed by atoms with Crippen LogP contribution in [-0.2, 0) is 6.54 Å². The average Bonchev–Trinajstić information content (AvgIpc) is 3.27. The smallest absolute Gasteiger partial charge is 0.260 e. The Labute approximate surface area is 187 Å². The summed E-state index contributed by atoms with van der Waals surface area (Å²) < 4.78 is 8.23. The van der Waals surface area contributed by atoms with Gasteiger partial charge in [-0.3, -0.25) is 4.79 Å². The summed E-state index contributed by atoms with van der Waals surface area (Å²) in [6, 6.07) is 11.5. The van der Waals surface area contributed by atoms with Gasteiger partial charge in [0.05, 0.1) is 12.2 Å². The topological polar surface area (TPSA) is 75.5 Å². The molecular formula is C24H28N6O2. The molecule has 2 bridgehead atoms. The molecule has 8 nitrogen and oxygen atoms in total. The number of benzene rings is 1. The molecule has 3 aromatic rings. The molecule has 32 heavy (non-hydrogen) atoms. The monoisotopic (exact) mass is 432 g/mol. The number of nitrogens with zero attached hydrogens (tertiary/aromatic N) is 5. The summed E-state index contributed by atoms with van der Waals surface area (Å²) in [4.78, 5) is 26.9. The van der Waals surface area contributed by atoms with Gasteiger partial charge in [-0.2, -0.15) is 0 Å². The van der Waals surface area contributed by atoms with E-state index in [9.17, 15) is 4.79 Å². The molecule has 1 N–H and O–H groups in total. The van der Waals surface area contributed by atoms with Crippen LogP contribution < -0.4 is 15.0 Å². The van der Waals surface area contributed by atoms with Gasteiger partial charge in [-0.15, -0.1) is 0 Å². The molecule has 166 valence electrons. The number of aromatic nitrogens is 3. The van der Waals surface area contributed by atoms with Gasteiger partial charge >= 0.3 is 0 Å². The second kappa shape index (κ2) is 9.00. The van der Waals surface area contributed by atoms with Gasteiger partial charge < -0.3 is 24.4 Å². The molecule has 1 aromatic carbocycles. The van der Waals surface area contributed by atoms with Crippen molar-refractivity contribution in [1.82, 2.24) is 19.4 Å². The van der Waals surface area contributed by atoms with Gasteiger partial charge in [0.25, 0.3) is 5.91 Å². The summed E-state index contributed by atoms with van der Waals surface area (Å²) >= 11 is 0. The van der Waals surface area contributed by atoms with Crippen LogP contribution in [0.25, 0.3) is 11.5 Å². The summed E-state index contributed by atoms with van der Waals surface area (Å²) in [6.45, 7) is 5.37. The van der Waals surface area contributed by atoms with E-state index in [0.717, 1.165) is 62.8 Å². The number of pyridine rings is 1. The van der Waals surface area contributed by atoms with Crippen molar-refractivity contribution in [2.75, 3.05) is 50.1 Å². The lowest BCUT2D eigenvalue weighted by atomic mass is 10.1. The largest absolute Gasteiger partial charge is 0.493 e. The number of carbonyl (C=O) groups is 1. The number of fused-ring (bicyclic) bond motifs is 5. The van der Waals surface area contributed by atoms with Gasteiger partial charge in [0.15, 0.2) is 5.82 Å². The van der Waals surface area contributed by atoms with Gasteiger partial charge in [-0.05, 0) is 44.2 Å². The van der Waals surface area contributed by atoms with E-state index in [2.05, 4.69) is 36.7 Å². The van der Waals surface area contributed by atoms with E-state index in [4.69, 9.17) is 4.74 Å². The molecule has 2 aromatic heterocycles. The Morgan fingerprint density at radius 3 is 2.78 bits per heavy atom. The molecule has 2 aliphatic heterocycles. The zero-order chi connectivity index (χ0) is 21.9. The lowest BCUT2D eigenvalue weighted by molar-refractivity contribution is 0.102. The van der Waals surface area contributed by atoms with Crippen LogP contribution in [0.3, 0.4) is 0 Å². The maximum absolute atomic E-state index is 13.1. The summed E-state index contributed by atoms with van der Waals surface area (Å²) in [5.41, 5.74) is 2.36. The van der Waals surface area contributed by atoms with Crippen molar-refractivity contribution in [2.45, 2.75) is 19.4 Å². The third-order valence-corrected chi connectivity index (χ3v) is 6.06. The number of nitrogens with one attached hydrogen (secondary N) is 1. The van der Waals surface area contributed by atoms with Gasteiger partial charge in [0.2, 0.25) is 0 Å². The summed E-state index contributed by atoms with van der Waals surface area (Å²) in [7, 11) is 2.14. The van der Waals surface area contributed by atoms with Crippen molar-refractivity contribution in [3.05, 3.63) is 54.4 Å². The predicted molar refractivity (Wildman–Crippen MR) is 124 cm³/mol. The Morgan fingerprint density at radius 1 is 1.03 bits per heavy atom.